The molecule has 0 unspecified atom stereocenters. The molecule has 0 aliphatic carbocycles. The molecule has 0 saturated carbocycles. The molecule has 1 N–H and O–H groups in total. The molecule has 2 aromatic carbocycles. The molecule has 0 fully saturated rings. The number of aromatic carboxylic acids is 1. The Morgan fingerprint density at radius 1 is 1.08 bits per heavy atom. The van der Waals surface area contributed by atoms with Gasteiger partial charge in [0.15, 0.2) is 17.9 Å². The summed E-state index contributed by atoms with van der Waals surface area (Å²) < 4.78 is 17.7. The van der Waals surface area contributed by atoms with Gasteiger partial charge in [-0.3, -0.25) is 9.59 Å². The van der Waals surface area contributed by atoms with Crippen LogP contribution in [0.25, 0.3) is 22.5 Å². The van der Waals surface area contributed by atoms with Gasteiger partial charge in [-0.05, 0) is 47.9 Å². The lowest BCUT2D eigenvalue weighted by Gasteiger charge is -2.21. The van der Waals surface area contributed by atoms with Crippen molar-refractivity contribution in [2.45, 2.75) is 18.9 Å². The number of methoxy groups -OCH3 is 2. The average Bonchev–Trinajstić information content (AvgIpc) is 3.44. The number of ether oxygens (including phenoxy) is 2. The SMILES string of the molecule is COCC[C@@H](C(=O)Cc1ccc(C(=O)O)cc1)n1cc(OC)c(-c2cc(Cl)ccc2-c2cnco2)cc1=O. The van der Waals surface area contributed by atoms with Crippen LogP contribution in [0.2, 0.25) is 5.02 Å². The Morgan fingerprint density at radius 3 is 2.47 bits per heavy atom. The summed E-state index contributed by atoms with van der Waals surface area (Å²) >= 11 is 6.29. The molecule has 0 aliphatic rings. The predicted molar refractivity (Wildman–Crippen MR) is 141 cm³/mol. The van der Waals surface area contributed by atoms with Crippen LogP contribution in [0.1, 0.15) is 28.4 Å². The first kappa shape index (κ1) is 26.8. The molecule has 0 saturated heterocycles. The number of rotatable bonds is 11. The van der Waals surface area contributed by atoms with Crippen molar-refractivity contribution < 1.29 is 28.6 Å². The highest BCUT2D eigenvalue weighted by atomic mass is 35.5. The smallest absolute Gasteiger partial charge is 0.335 e. The number of carbonyl (C=O) groups excluding carboxylic acids is 1. The van der Waals surface area contributed by atoms with Gasteiger partial charge in [0.25, 0.3) is 5.56 Å². The molecule has 38 heavy (non-hydrogen) atoms. The number of ketones is 1. The van der Waals surface area contributed by atoms with Crippen molar-refractivity contribution in [3.05, 3.63) is 93.8 Å². The molecule has 2 aromatic heterocycles. The Labute approximate surface area is 223 Å². The van der Waals surface area contributed by atoms with Crippen molar-refractivity contribution in [2.24, 2.45) is 0 Å². The number of nitrogens with zero attached hydrogens (tertiary/aromatic N) is 2. The minimum absolute atomic E-state index is 0.00865. The minimum Gasteiger partial charge on any atom is -0.495 e. The van der Waals surface area contributed by atoms with Crippen LogP contribution in [0.3, 0.4) is 0 Å². The van der Waals surface area contributed by atoms with E-state index in [0.29, 0.717) is 38.8 Å². The summed E-state index contributed by atoms with van der Waals surface area (Å²) in [5.41, 5.74) is 2.09. The molecule has 0 spiro atoms. The van der Waals surface area contributed by atoms with E-state index in [9.17, 15) is 14.4 Å². The monoisotopic (exact) mass is 536 g/mol. The molecule has 4 aromatic rings. The fourth-order valence-corrected chi connectivity index (χ4v) is 4.39. The van der Waals surface area contributed by atoms with Crippen LogP contribution in [0.4, 0.5) is 0 Å². The van der Waals surface area contributed by atoms with Crippen molar-refractivity contribution in [3.63, 3.8) is 0 Å². The van der Waals surface area contributed by atoms with E-state index < -0.39 is 17.6 Å². The van der Waals surface area contributed by atoms with Gasteiger partial charge >= 0.3 is 5.97 Å². The van der Waals surface area contributed by atoms with Gasteiger partial charge in [0.1, 0.15) is 5.75 Å². The van der Waals surface area contributed by atoms with Crippen LogP contribution in [0.5, 0.6) is 5.75 Å². The van der Waals surface area contributed by atoms with Crippen molar-refractivity contribution in [3.8, 4) is 28.2 Å². The maximum atomic E-state index is 13.4. The topological polar surface area (TPSA) is 121 Å². The Bertz CT molecular complexity index is 1490. The second-order valence-electron chi connectivity index (χ2n) is 8.50. The summed E-state index contributed by atoms with van der Waals surface area (Å²) in [5, 5.41) is 9.57. The van der Waals surface area contributed by atoms with Crippen LogP contribution >= 0.6 is 11.6 Å². The lowest BCUT2D eigenvalue weighted by Crippen LogP contribution is -2.31. The summed E-state index contributed by atoms with van der Waals surface area (Å²) in [6.45, 7) is 0.245. The number of pyridine rings is 1. The Kier molecular flexibility index (Phi) is 8.40. The van der Waals surface area contributed by atoms with Gasteiger partial charge in [-0.15, -0.1) is 0 Å². The number of Topliss-reactive ketones (excluding diaryl/α,β-unsaturated/α-hetero) is 1. The van der Waals surface area contributed by atoms with Crippen molar-refractivity contribution in [1.29, 1.82) is 0 Å². The second kappa shape index (κ2) is 11.9. The number of benzene rings is 2. The van der Waals surface area contributed by atoms with Crippen LogP contribution < -0.4 is 10.3 Å². The van der Waals surface area contributed by atoms with Gasteiger partial charge in [0.2, 0.25) is 0 Å². The first-order valence-corrected chi connectivity index (χ1v) is 12.0. The Hall–Kier alpha value is -4.21. The quantitative estimate of drug-likeness (QED) is 0.287. The first-order chi connectivity index (χ1) is 18.3. The normalized spacial score (nSPS) is 11.8. The van der Waals surface area contributed by atoms with Crippen molar-refractivity contribution in [1.82, 2.24) is 9.55 Å². The molecule has 2 heterocycles. The molecular formula is C28H25ClN2O7. The minimum atomic E-state index is -1.05. The van der Waals surface area contributed by atoms with Gasteiger partial charge in [-0.25, -0.2) is 9.78 Å². The van der Waals surface area contributed by atoms with E-state index in [1.54, 1.807) is 36.5 Å². The van der Waals surface area contributed by atoms with E-state index in [4.69, 9.17) is 30.6 Å². The molecule has 1 atom stereocenters. The highest BCUT2D eigenvalue weighted by molar-refractivity contribution is 6.31. The Balaban J connectivity index is 1.74. The third-order valence-electron chi connectivity index (χ3n) is 6.12. The van der Waals surface area contributed by atoms with Gasteiger partial charge in [0.05, 0.1) is 31.1 Å². The van der Waals surface area contributed by atoms with E-state index >= 15 is 0 Å². The van der Waals surface area contributed by atoms with Gasteiger partial charge in [-0.2, -0.15) is 0 Å². The molecule has 9 nitrogen and oxygen atoms in total. The lowest BCUT2D eigenvalue weighted by atomic mass is 9.97. The van der Waals surface area contributed by atoms with E-state index in [1.165, 1.54) is 49.6 Å². The first-order valence-electron chi connectivity index (χ1n) is 11.6. The largest absolute Gasteiger partial charge is 0.495 e. The van der Waals surface area contributed by atoms with Crippen LogP contribution in [0.15, 0.2) is 76.5 Å². The number of carboxylic acid groups (broad SMARTS) is 1. The zero-order chi connectivity index (χ0) is 27.2. The molecule has 0 radical (unpaired) electrons. The number of hydrogen-bond acceptors (Lipinski definition) is 7. The molecule has 0 bridgehead atoms. The summed E-state index contributed by atoms with van der Waals surface area (Å²) in [6.07, 6.45) is 4.64. The number of hydrogen-bond donors (Lipinski definition) is 1. The van der Waals surface area contributed by atoms with Crippen molar-refractivity contribution in [2.75, 3.05) is 20.8 Å². The van der Waals surface area contributed by atoms with Crippen LogP contribution in [-0.2, 0) is 16.0 Å². The van der Waals surface area contributed by atoms with Crippen LogP contribution in [0, 0.1) is 0 Å². The number of carboxylic acids is 1. The Morgan fingerprint density at radius 2 is 1.84 bits per heavy atom. The third kappa shape index (κ3) is 5.85. The predicted octanol–water partition coefficient (Wildman–Crippen LogP) is 4.92. The van der Waals surface area contributed by atoms with Crippen molar-refractivity contribution >= 4 is 23.4 Å². The highest BCUT2D eigenvalue weighted by Crippen LogP contribution is 2.38. The standard InChI is InChI=1S/C28H25ClN2O7/c1-36-10-9-23(24(32)11-17-3-5-18(6-4-17)28(34)35)31-15-26(37-2)22(13-27(31)33)21-12-19(29)7-8-20(21)25-14-30-16-38-25/h3-8,12-16,23H,9-11H2,1-2H3,(H,34,35)/t23-/m0/s1. The lowest BCUT2D eigenvalue weighted by molar-refractivity contribution is -0.122. The van der Waals surface area contributed by atoms with E-state index in [-0.39, 0.29) is 30.8 Å². The highest BCUT2D eigenvalue weighted by Gasteiger charge is 2.24. The number of aromatic nitrogens is 2. The van der Waals surface area contributed by atoms with Gasteiger partial charge in [0, 0.05) is 42.4 Å². The van der Waals surface area contributed by atoms with Gasteiger partial charge < -0.3 is 23.6 Å². The summed E-state index contributed by atoms with van der Waals surface area (Å²) in [4.78, 5) is 41.9. The number of halogens is 1. The molecule has 196 valence electrons. The molecule has 0 amide bonds. The summed E-state index contributed by atoms with van der Waals surface area (Å²) in [6, 6.07) is 11.8. The maximum Gasteiger partial charge on any atom is 0.335 e. The number of carbonyl (C=O) groups is 2. The van der Waals surface area contributed by atoms with Crippen LogP contribution in [-0.4, -0.2) is 47.2 Å². The number of oxazole rings is 1. The second-order valence-corrected chi connectivity index (χ2v) is 8.94. The molecular weight excluding hydrogens is 512 g/mol. The average molecular weight is 537 g/mol. The third-order valence-corrected chi connectivity index (χ3v) is 6.35. The fraction of sp³-hybridized carbons (Fsp3) is 0.214. The maximum absolute atomic E-state index is 13.4. The van der Waals surface area contributed by atoms with E-state index in [2.05, 4.69) is 4.98 Å². The molecule has 4 rings (SSSR count). The molecule has 10 heteroatoms. The fourth-order valence-electron chi connectivity index (χ4n) is 4.22. The van der Waals surface area contributed by atoms with Gasteiger partial charge in [-0.1, -0.05) is 23.7 Å². The zero-order valence-electron chi connectivity index (χ0n) is 20.7. The summed E-state index contributed by atoms with van der Waals surface area (Å²) in [5.74, 6) is -0.434. The summed E-state index contributed by atoms with van der Waals surface area (Å²) in [7, 11) is 2.99. The molecule has 0 aliphatic heterocycles. The van der Waals surface area contributed by atoms with E-state index in [1.807, 2.05) is 0 Å². The van der Waals surface area contributed by atoms with E-state index in [0.717, 1.165) is 0 Å². The zero-order valence-corrected chi connectivity index (χ0v) is 21.5.